The monoisotopic (exact) mass is 545 g/mol. The van der Waals surface area contributed by atoms with E-state index in [0.29, 0.717) is 16.7 Å². The van der Waals surface area contributed by atoms with Crippen LogP contribution in [0.3, 0.4) is 0 Å². The highest BCUT2D eigenvalue weighted by molar-refractivity contribution is 7.44. The third-order valence-electron chi connectivity index (χ3n) is 6.40. The first-order valence-corrected chi connectivity index (χ1v) is 14.1. The molecule has 0 spiro atoms. The summed E-state index contributed by atoms with van der Waals surface area (Å²) in [5.74, 6) is -0.869. The highest BCUT2D eigenvalue weighted by Crippen LogP contribution is 2.45. The average Bonchev–Trinajstić information content (AvgIpc) is 2.92. The number of carbonyl (C=O) groups excluding carboxylic acids is 3. The Balaban J connectivity index is 1.43. The maximum Gasteiger partial charge on any atom is 0.259 e. The van der Waals surface area contributed by atoms with Crippen molar-refractivity contribution in [2.75, 3.05) is 19.8 Å². The van der Waals surface area contributed by atoms with E-state index in [1.165, 1.54) is 6.07 Å². The van der Waals surface area contributed by atoms with Crippen LogP contribution in [0.2, 0.25) is 0 Å². The summed E-state index contributed by atoms with van der Waals surface area (Å²) in [4.78, 5) is 39.5. The van der Waals surface area contributed by atoms with E-state index in [9.17, 15) is 14.4 Å². The van der Waals surface area contributed by atoms with Gasteiger partial charge < -0.3 is 14.4 Å². The smallest absolute Gasteiger partial charge is 0.259 e. The summed E-state index contributed by atoms with van der Waals surface area (Å²) in [6.45, 7) is 8.92. The fraction of sp³-hybridized carbons (Fsp3) is 0.333. The Morgan fingerprint density at radius 3 is 2.03 bits per heavy atom. The van der Waals surface area contributed by atoms with Gasteiger partial charge in [0, 0.05) is 46.4 Å². The zero-order chi connectivity index (χ0) is 28.1. The molecule has 0 radical (unpaired) electrons. The van der Waals surface area contributed by atoms with Gasteiger partial charge in [0.2, 0.25) is 0 Å². The Morgan fingerprint density at radius 1 is 0.872 bits per heavy atom. The molecule has 0 bridgehead atoms. The first-order valence-electron chi connectivity index (χ1n) is 13.0. The van der Waals surface area contributed by atoms with Crippen molar-refractivity contribution in [1.29, 1.82) is 5.26 Å². The molecule has 1 aliphatic carbocycles. The fourth-order valence-corrected chi connectivity index (χ4v) is 6.27. The lowest BCUT2D eigenvalue weighted by molar-refractivity contribution is 0.0940. The van der Waals surface area contributed by atoms with Gasteiger partial charge in [-0.25, -0.2) is 4.67 Å². The van der Waals surface area contributed by atoms with E-state index in [1.54, 1.807) is 24.3 Å². The zero-order valence-corrected chi connectivity index (χ0v) is 23.5. The summed E-state index contributed by atoms with van der Waals surface area (Å²) in [5, 5.41) is 13.4. The fourth-order valence-electron chi connectivity index (χ4n) is 4.68. The van der Waals surface area contributed by atoms with Gasteiger partial charge in [0.1, 0.15) is 0 Å². The minimum Gasteiger partial charge on any atom is -0.350 e. The van der Waals surface area contributed by atoms with E-state index >= 15 is 0 Å². The van der Waals surface area contributed by atoms with Crippen LogP contribution in [0, 0.1) is 11.3 Å². The Hall–Kier alpha value is -3.47. The normalized spacial score (nSPS) is 13.5. The predicted octanol–water partition coefficient (Wildman–Crippen LogP) is 5.64. The van der Waals surface area contributed by atoms with Crippen LogP contribution in [-0.4, -0.2) is 54.0 Å². The molecule has 1 atom stereocenters. The molecule has 0 saturated carbocycles. The maximum absolute atomic E-state index is 13.3. The molecule has 1 amide bonds. The molecule has 3 aromatic rings. The third kappa shape index (κ3) is 6.24. The van der Waals surface area contributed by atoms with Crippen LogP contribution in [0.1, 0.15) is 76.3 Å². The van der Waals surface area contributed by atoms with Crippen molar-refractivity contribution in [1.82, 2.24) is 9.99 Å². The van der Waals surface area contributed by atoms with E-state index in [4.69, 9.17) is 14.3 Å². The number of nitrogens with zero attached hydrogens (tertiary/aromatic N) is 2. The average molecular weight is 546 g/mol. The van der Waals surface area contributed by atoms with Crippen LogP contribution in [0.25, 0.3) is 10.8 Å². The van der Waals surface area contributed by atoms with Crippen molar-refractivity contribution in [2.45, 2.75) is 46.2 Å². The Morgan fingerprint density at radius 2 is 1.44 bits per heavy atom. The summed E-state index contributed by atoms with van der Waals surface area (Å²) in [6.07, 6.45) is 0.267. The topological polar surface area (TPSA) is 109 Å². The van der Waals surface area contributed by atoms with Crippen LogP contribution in [-0.2, 0) is 9.05 Å². The number of carbonyl (C=O) groups is 3. The highest BCUT2D eigenvalue weighted by atomic mass is 31.2. The van der Waals surface area contributed by atoms with Gasteiger partial charge in [-0.3, -0.25) is 14.4 Å². The molecule has 0 aliphatic heterocycles. The molecule has 0 heterocycles. The SMILES string of the molecule is CC(C)N(C(C)C)P(OCCC#N)OCCNC(=O)c1ccc2c(c1)C(=O)c1cc3ccccc3cc1C2=O. The molecule has 9 heteroatoms. The summed E-state index contributed by atoms with van der Waals surface area (Å²) in [7, 11) is -1.41. The van der Waals surface area contributed by atoms with Crippen LogP contribution in [0.5, 0.6) is 0 Å². The maximum atomic E-state index is 13.3. The van der Waals surface area contributed by atoms with Gasteiger partial charge in [0.25, 0.3) is 14.4 Å². The van der Waals surface area contributed by atoms with E-state index in [0.717, 1.165) is 10.8 Å². The number of hydrogen-bond donors (Lipinski definition) is 1. The van der Waals surface area contributed by atoms with Gasteiger partial charge in [0.05, 0.1) is 25.7 Å². The van der Waals surface area contributed by atoms with Gasteiger partial charge in [-0.1, -0.05) is 24.3 Å². The largest absolute Gasteiger partial charge is 0.350 e. The van der Waals surface area contributed by atoms with Gasteiger partial charge in [-0.15, -0.1) is 0 Å². The summed E-state index contributed by atoms with van der Waals surface area (Å²) < 4.78 is 14.0. The molecule has 202 valence electrons. The van der Waals surface area contributed by atoms with E-state index in [2.05, 4.69) is 43.8 Å². The van der Waals surface area contributed by atoms with Crippen molar-refractivity contribution in [2.24, 2.45) is 0 Å². The lowest BCUT2D eigenvalue weighted by Crippen LogP contribution is -2.34. The Labute approximate surface area is 229 Å². The first-order chi connectivity index (χ1) is 18.7. The first kappa shape index (κ1) is 28.5. The second-order valence-corrected chi connectivity index (χ2v) is 11.3. The quantitative estimate of drug-likeness (QED) is 0.192. The number of rotatable bonds is 11. The van der Waals surface area contributed by atoms with Crippen LogP contribution in [0.15, 0.2) is 54.6 Å². The summed E-state index contributed by atoms with van der Waals surface area (Å²) in [5.41, 5.74) is 1.54. The molecular formula is C30H32N3O5P. The number of ketones is 2. The molecule has 1 unspecified atom stereocenters. The number of hydrogen-bond acceptors (Lipinski definition) is 7. The van der Waals surface area contributed by atoms with Crippen molar-refractivity contribution in [3.63, 3.8) is 0 Å². The molecule has 1 N–H and O–H groups in total. The lowest BCUT2D eigenvalue weighted by Gasteiger charge is -2.35. The minimum absolute atomic E-state index is 0.173. The Kier molecular flexibility index (Phi) is 9.21. The summed E-state index contributed by atoms with van der Waals surface area (Å²) >= 11 is 0. The molecule has 3 aromatic carbocycles. The van der Waals surface area contributed by atoms with Crippen molar-refractivity contribution < 1.29 is 23.4 Å². The van der Waals surface area contributed by atoms with Crippen molar-refractivity contribution in [3.05, 3.63) is 82.4 Å². The number of amides is 1. The number of fused-ring (bicyclic) bond motifs is 3. The number of benzene rings is 3. The molecule has 0 fully saturated rings. The molecule has 8 nitrogen and oxygen atoms in total. The summed E-state index contributed by atoms with van der Waals surface area (Å²) in [6, 6.07) is 18.1. The predicted molar refractivity (Wildman–Crippen MR) is 151 cm³/mol. The van der Waals surface area contributed by atoms with Crippen molar-refractivity contribution in [3.8, 4) is 6.07 Å². The Bertz CT molecular complexity index is 1440. The molecule has 1 aliphatic rings. The molecule has 39 heavy (non-hydrogen) atoms. The lowest BCUT2D eigenvalue weighted by atomic mass is 9.82. The highest BCUT2D eigenvalue weighted by Gasteiger charge is 2.31. The molecule has 4 rings (SSSR count). The third-order valence-corrected chi connectivity index (χ3v) is 8.51. The zero-order valence-electron chi connectivity index (χ0n) is 22.6. The van der Waals surface area contributed by atoms with Gasteiger partial charge in [-0.05, 0) is 68.8 Å². The minimum atomic E-state index is -1.41. The second kappa shape index (κ2) is 12.6. The van der Waals surface area contributed by atoms with E-state index in [1.807, 2.05) is 24.3 Å². The second-order valence-electron chi connectivity index (χ2n) is 9.80. The van der Waals surface area contributed by atoms with E-state index < -0.39 is 8.53 Å². The molecule has 0 aromatic heterocycles. The number of nitriles is 1. The van der Waals surface area contributed by atoms with Crippen LogP contribution >= 0.6 is 8.53 Å². The van der Waals surface area contributed by atoms with Gasteiger partial charge >= 0.3 is 0 Å². The standard InChI is InChI=1S/C30H32N3O5P/c1-19(2)33(20(3)4)39(37-14-7-12-31)38-15-13-32-30(36)23-10-11-24-25(18-23)29(35)27-17-22-9-6-5-8-21(22)16-26(27)28(24)34/h5-6,8-11,16-20H,7,13-15H2,1-4H3,(H,32,36). The van der Waals surface area contributed by atoms with Crippen LogP contribution in [0.4, 0.5) is 0 Å². The van der Waals surface area contributed by atoms with Gasteiger partial charge in [-0.2, -0.15) is 5.26 Å². The molecular weight excluding hydrogens is 513 g/mol. The van der Waals surface area contributed by atoms with E-state index in [-0.39, 0.29) is 66.9 Å². The van der Waals surface area contributed by atoms with Crippen molar-refractivity contribution >= 4 is 36.8 Å². The number of nitrogens with one attached hydrogen (secondary N) is 1. The molecule has 0 saturated heterocycles. The van der Waals surface area contributed by atoms with Gasteiger partial charge in [0.15, 0.2) is 11.6 Å². The van der Waals surface area contributed by atoms with Crippen LogP contribution < -0.4 is 5.32 Å².